The molecule has 8 heteroatoms. The van der Waals surface area contributed by atoms with Crippen LogP contribution in [0.4, 0.5) is 5.69 Å². The first-order chi connectivity index (χ1) is 10.1. The number of anilines is 1. The van der Waals surface area contributed by atoms with Crippen LogP contribution >= 0.6 is 11.7 Å². The number of aromatic nitrogens is 2. The van der Waals surface area contributed by atoms with Gasteiger partial charge in [-0.05, 0) is 29.8 Å². The molecule has 1 aromatic heterocycles. The lowest BCUT2D eigenvalue weighted by molar-refractivity contribution is 0.582. The lowest BCUT2D eigenvalue weighted by atomic mass is 10.2. The number of nitrogen functional groups attached to an aromatic ring is 1. The quantitative estimate of drug-likeness (QED) is 0.714. The molecule has 21 heavy (non-hydrogen) atoms. The van der Waals surface area contributed by atoms with Crippen molar-refractivity contribution < 1.29 is 8.42 Å². The van der Waals surface area contributed by atoms with E-state index in [2.05, 4.69) is 13.5 Å². The van der Waals surface area contributed by atoms with Crippen molar-refractivity contribution in [2.24, 2.45) is 0 Å². The fourth-order valence-corrected chi connectivity index (χ4v) is 3.67. The molecule has 3 N–H and O–H groups in total. The van der Waals surface area contributed by atoms with E-state index in [0.717, 1.165) is 17.3 Å². The van der Waals surface area contributed by atoms with E-state index in [1.54, 1.807) is 36.4 Å². The van der Waals surface area contributed by atoms with Gasteiger partial charge in [-0.15, -0.1) is 0 Å². The van der Waals surface area contributed by atoms with E-state index in [-0.39, 0.29) is 11.4 Å². The molecule has 6 nitrogen and oxygen atoms in total. The number of hydrogen-bond donors (Lipinski definition) is 2. The average Bonchev–Trinajstić information content (AvgIpc) is 2.95. The molecule has 0 saturated carbocycles. The molecule has 0 saturated heterocycles. The van der Waals surface area contributed by atoms with Crippen molar-refractivity contribution in [2.75, 3.05) is 5.73 Å². The number of nitrogens with two attached hydrogens (primary N) is 1. The van der Waals surface area contributed by atoms with Gasteiger partial charge in [-0.25, -0.2) is 13.1 Å². The van der Waals surface area contributed by atoms with Crippen LogP contribution in [0.5, 0.6) is 0 Å². The second-order valence-electron chi connectivity index (χ2n) is 4.45. The van der Waals surface area contributed by atoms with Crippen molar-refractivity contribution in [3.05, 3.63) is 48.0 Å². The molecule has 1 heterocycles. The Hall–Kier alpha value is -2.03. The van der Waals surface area contributed by atoms with Gasteiger partial charge in [-0.2, -0.15) is 8.75 Å². The second kappa shape index (κ2) is 5.40. The minimum atomic E-state index is -3.64. The van der Waals surface area contributed by atoms with Crippen molar-refractivity contribution in [1.29, 1.82) is 0 Å². The first-order valence-corrected chi connectivity index (χ1v) is 8.33. The maximum atomic E-state index is 12.4. The molecule has 3 rings (SSSR count). The van der Waals surface area contributed by atoms with E-state index in [1.807, 2.05) is 0 Å². The van der Waals surface area contributed by atoms with Gasteiger partial charge < -0.3 is 5.73 Å². The number of nitrogens with one attached hydrogen (secondary N) is 1. The Morgan fingerprint density at radius 3 is 2.62 bits per heavy atom. The van der Waals surface area contributed by atoms with Gasteiger partial charge in [0.15, 0.2) is 0 Å². The summed E-state index contributed by atoms with van der Waals surface area (Å²) in [5.41, 5.74) is 8.04. The van der Waals surface area contributed by atoms with Crippen LogP contribution in [-0.4, -0.2) is 17.2 Å². The minimum absolute atomic E-state index is 0.143. The second-order valence-corrected chi connectivity index (χ2v) is 6.72. The van der Waals surface area contributed by atoms with E-state index in [0.29, 0.717) is 16.7 Å². The maximum absolute atomic E-state index is 12.4. The maximum Gasteiger partial charge on any atom is 0.243 e. The molecule has 0 amide bonds. The van der Waals surface area contributed by atoms with Crippen LogP contribution in [0.3, 0.4) is 0 Å². The molecule has 108 valence electrons. The van der Waals surface area contributed by atoms with Gasteiger partial charge >= 0.3 is 0 Å². The molecule has 0 fully saturated rings. The van der Waals surface area contributed by atoms with Gasteiger partial charge in [0.05, 0.1) is 11.7 Å². The van der Waals surface area contributed by atoms with Gasteiger partial charge in [0, 0.05) is 12.2 Å². The summed E-state index contributed by atoms with van der Waals surface area (Å²) in [6.45, 7) is 0.191. The van der Waals surface area contributed by atoms with Crippen LogP contribution in [0.2, 0.25) is 0 Å². The molecule has 0 radical (unpaired) electrons. The molecule has 3 aromatic rings. The highest BCUT2D eigenvalue weighted by atomic mass is 32.2. The summed E-state index contributed by atoms with van der Waals surface area (Å²) in [6, 6.07) is 11.9. The highest BCUT2D eigenvalue weighted by Crippen LogP contribution is 2.21. The van der Waals surface area contributed by atoms with Crippen LogP contribution < -0.4 is 10.5 Å². The Morgan fingerprint density at radius 2 is 1.86 bits per heavy atom. The molecule has 0 unspecified atom stereocenters. The molecule has 2 aromatic carbocycles. The van der Waals surface area contributed by atoms with Crippen LogP contribution in [0.25, 0.3) is 11.0 Å². The van der Waals surface area contributed by atoms with Crippen LogP contribution in [0.15, 0.2) is 47.4 Å². The Kier molecular flexibility index (Phi) is 3.58. The molecule has 0 aliphatic carbocycles. The zero-order valence-corrected chi connectivity index (χ0v) is 12.5. The number of benzene rings is 2. The first-order valence-electron chi connectivity index (χ1n) is 6.12. The predicted molar refractivity (Wildman–Crippen MR) is 82.3 cm³/mol. The Labute approximate surface area is 126 Å². The smallest absolute Gasteiger partial charge is 0.243 e. The van der Waals surface area contributed by atoms with Gasteiger partial charge in [-0.1, -0.05) is 18.2 Å². The van der Waals surface area contributed by atoms with Crippen molar-refractivity contribution >= 4 is 38.5 Å². The standard InChI is InChI=1S/C13H12N4O2S2/c14-10-6-4-9(5-7-10)8-15-21(18,19)12-3-1-2-11-13(12)17-20-16-11/h1-7,15H,8,14H2. The van der Waals surface area contributed by atoms with Gasteiger partial charge in [0.25, 0.3) is 0 Å². The first kappa shape index (κ1) is 13.9. The summed E-state index contributed by atoms with van der Waals surface area (Å²) in [5, 5.41) is 0. The molecular weight excluding hydrogens is 308 g/mol. The molecule has 0 atom stereocenters. The normalized spacial score (nSPS) is 11.8. The summed E-state index contributed by atoms with van der Waals surface area (Å²) in [6.07, 6.45) is 0. The fourth-order valence-electron chi connectivity index (χ4n) is 1.89. The van der Waals surface area contributed by atoms with E-state index < -0.39 is 10.0 Å². The topological polar surface area (TPSA) is 98.0 Å². The van der Waals surface area contributed by atoms with E-state index in [1.165, 1.54) is 6.07 Å². The summed E-state index contributed by atoms with van der Waals surface area (Å²) in [5.74, 6) is 0. The highest BCUT2D eigenvalue weighted by Gasteiger charge is 2.19. The van der Waals surface area contributed by atoms with Crippen molar-refractivity contribution in [2.45, 2.75) is 11.4 Å². The monoisotopic (exact) mass is 320 g/mol. The van der Waals surface area contributed by atoms with Crippen molar-refractivity contribution in [1.82, 2.24) is 13.5 Å². The average molecular weight is 320 g/mol. The molecular formula is C13H12N4O2S2. The number of sulfonamides is 1. The van der Waals surface area contributed by atoms with Gasteiger partial charge in [0.2, 0.25) is 10.0 Å². The summed E-state index contributed by atoms with van der Waals surface area (Å²) >= 11 is 0.993. The largest absolute Gasteiger partial charge is 0.399 e. The molecule has 0 aliphatic rings. The Balaban J connectivity index is 1.87. The number of hydrogen-bond acceptors (Lipinski definition) is 6. The molecule has 0 spiro atoms. The fraction of sp³-hybridized carbons (Fsp3) is 0.0769. The predicted octanol–water partition coefficient (Wildman–Crippen LogP) is 1.75. The van der Waals surface area contributed by atoms with E-state index >= 15 is 0 Å². The third kappa shape index (κ3) is 2.87. The molecule has 0 bridgehead atoms. The lowest BCUT2D eigenvalue weighted by Gasteiger charge is -2.07. The van der Waals surface area contributed by atoms with Gasteiger partial charge in [0.1, 0.15) is 15.9 Å². The minimum Gasteiger partial charge on any atom is -0.399 e. The van der Waals surface area contributed by atoms with Crippen LogP contribution in [-0.2, 0) is 16.6 Å². The third-order valence-corrected chi connectivity index (χ3v) is 4.96. The summed E-state index contributed by atoms with van der Waals surface area (Å²) < 4.78 is 35.4. The van der Waals surface area contributed by atoms with E-state index in [9.17, 15) is 8.42 Å². The molecule has 0 aliphatic heterocycles. The number of rotatable bonds is 4. The van der Waals surface area contributed by atoms with Crippen molar-refractivity contribution in [3.63, 3.8) is 0 Å². The Bertz CT molecular complexity index is 873. The van der Waals surface area contributed by atoms with Crippen LogP contribution in [0.1, 0.15) is 5.56 Å². The van der Waals surface area contributed by atoms with E-state index in [4.69, 9.17) is 5.73 Å². The zero-order chi connectivity index (χ0) is 14.9. The number of nitrogens with zero attached hydrogens (tertiary/aromatic N) is 2. The number of fused-ring (bicyclic) bond motifs is 1. The highest BCUT2D eigenvalue weighted by molar-refractivity contribution is 7.89. The van der Waals surface area contributed by atoms with Crippen LogP contribution in [0, 0.1) is 0 Å². The SMILES string of the molecule is Nc1ccc(CNS(=O)(=O)c2cccc3nsnc23)cc1. The zero-order valence-electron chi connectivity index (χ0n) is 10.9. The van der Waals surface area contributed by atoms with Crippen molar-refractivity contribution in [3.8, 4) is 0 Å². The lowest BCUT2D eigenvalue weighted by Crippen LogP contribution is -2.23. The Morgan fingerprint density at radius 1 is 1.10 bits per heavy atom. The summed E-state index contributed by atoms with van der Waals surface area (Å²) in [7, 11) is -3.64. The third-order valence-electron chi connectivity index (χ3n) is 2.98. The summed E-state index contributed by atoms with van der Waals surface area (Å²) in [4.78, 5) is 0.143. The van der Waals surface area contributed by atoms with Gasteiger partial charge in [-0.3, -0.25) is 0 Å².